The second-order valence-electron chi connectivity index (χ2n) is 9.41. The quantitative estimate of drug-likeness (QED) is 0.263. The van der Waals surface area contributed by atoms with Gasteiger partial charge in [0.15, 0.2) is 0 Å². The highest BCUT2D eigenvalue weighted by molar-refractivity contribution is 6.30. The highest BCUT2D eigenvalue weighted by Gasteiger charge is 2.22. The summed E-state index contributed by atoms with van der Waals surface area (Å²) in [5.41, 5.74) is 4.66. The third-order valence-electron chi connectivity index (χ3n) is 6.83. The lowest BCUT2D eigenvalue weighted by atomic mass is 10.1. The lowest BCUT2D eigenvalue weighted by Gasteiger charge is -2.36. The van der Waals surface area contributed by atoms with Gasteiger partial charge in [-0.2, -0.15) is 0 Å². The molecule has 5 rings (SSSR count). The third-order valence-corrected chi connectivity index (χ3v) is 7.08. The van der Waals surface area contributed by atoms with E-state index in [2.05, 4.69) is 17.1 Å². The molecule has 6 nitrogen and oxygen atoms in total. The van der Waals surface area contributed by atoms with Gasteiger partial charge in [0.05, 0.1) is 0 Å². The molecular formula is C32H30ClN3O3. The number of halogens is 1. The fourth-order valence-electron chi connectivity index (χ4n) is 4.54. The van der Waals surface area contributed by atoms with Gasteiger partial charge < -0.3 is 19.5 Å². The van der Waals surface area contributed by atoms with Crippen molar-refractivity contribution in [2.24, 2.45) is 0 Å². The third kappa shape index (κ3) is 6.59. The number of piperazine rings is 1. The number of aryl methyl sites for hydroxylation is 1. The molecule has 1 saturated heterocycles. The Balaban J connectivity index is 1.11. The molecule has 0 spiro atoms. The molecule has 1 aliphatic heterocycles. The van der Waals surface area contributed by atoms with E-state index < -0.39 is 0 Å². The number of carbonyl (C=O) groups excluding carboxylic acids is 2. The first-order valence-corrected chi connectivity index (χ1v) is 13.4. The van der Waals surface area contributed by atoms with Crippen molar-refractivity contribution in [3.8, 4) is 11.3 Å². The van der Waals surface area contributed by atoms with Gasteiger partial charge in [0.1, 0.15) is 11.5 Å². The van der Waals surface area contributed by atoms with E-state index in [0.717, 1.165) is 36.3 Å². The van der Waals surface area contributed by atoms with Crippen LogP contribution in [0.25, 0.3) is 17.4 Å². The largest absolute Gasteiger partial charge is 0.457 e. The highest BCUT2D eigenvalue weighted by Crippen LogP contribution is 2.25. The number of hydrogen-bond donors (Lipinski definition) is 1. The standard InChI is InChI=1S/C32H30ClN3O3/c1-2-23-3-5-25(6-4-23)32(38)36-21-19-35(20-22-36)28-13-11-27(12-14-28)34-31(37)18-16-29-15-17-30(39-29)24-7-9-26(33)10-8-24/h3-18H,2,19-22H2,1H3,(H,34,37)/b18-16+. The number of carbonyl (C=O) groups is 2. The van der Waals surface area contributed by atoms with Gasteiger partial charge in [0.2, 0.25) is 5.91 Å². The molecule has 0 radical (unpaired) electrons. The van der Waals surface area contributed by atoms with Crippen LogP contribution in [0, 0.1) is 0 Å². The van der Waals surface area contributed by atoms with Gasteiger partial charge in [-0.15, -0.1) is 0 Å². The minimum atomic E-state index is -0.244. The van der Waals surface area contributed by atoms with Crippen LogP contribution in [0.5, 0.6) is 0 Å². The maximum atomic E-state index is 12.9. The lowest BCUT2D eigenvalue weighted by molar-refractivity contribution is -0.111. The van der Waals surface area contributed by atoms with Crippen LogP contribution in [0.1, 0.15) is 28.6 Å². The van der Waals surface area contributed by atoms with Crippen LogP contribution in [0.3, 0.4) is 0 Å². The van der Waals surface area contributed by atoms with Crippen LogP contribution >= 0.6 is 11.6 Å². The molecule has 1 aliphatic rings. The average molecular weight is 540 g/mol. The maximum absolute atomic E-state index is 12.9. The van der Waals surface area contributed by atoms with Gasteiger partial charge in [0, 0.05) is 59.8 Å². The summed E-state index contributed by atoms with van der Waals surface area (Å²) in [6.45, 7) is 4.96. The molecule has 4 aromatic rings. The molecular weight excluding hydrogens is 510 g/mol. The summed E-state index contributed by atoms with van der Waals surface area (Å²) in [5, 5.41) is 3.55. The monoisotopic (exact) mass is 539 g/mol. The molecule has 39 heavy (non-hydrogen) atoms. The van der Waals surface area contributed by atoms with E-state index in [1.54, 1.807) is 6.08 Å². The fraction of sp³-hybridized carbons (Fsp3) is 0.188. The summed E-state index contributed by atoms with van der Waals surface area (Å²) >= 11 is 5.94. The van der Waals surface area contributed by atoms with E-state index in [9.17, 15) is 9.59 Å². The first kappa shape index (κ1) is 26.3. The molecule has 0 saturated carbocycles. The van der Waals surface area contributed by atoms with E-state index in [1.165, 1.54) is 11.6 Å². The van der Waals surface area contributed by atoms with Crippen molar-refractivity contribution in [2.45, 2.75) is 13.3 Å². The van der Waals surface area contributed by atoms with E-state index in [-0.39, 0.29) is 11.8 Å². The molecule has 1 aromatic heterocycles. The Bertz CT molecular complexity index is 1450. The van der Waals surface area contributed by atoms with Crippen LogP contribution < -0.4 is 10.2 Å². The fourth-order valence-corrected chi connectivity index (χ4v) is 4.67. The molecule has 0 unspecified atom stereocenters. The number of furan rings is 1. The summed E-state index contributed by atoms with van der Waals surface area (Å²) in [6, 6.07) is 26.7. The number of amides is 2. The Morgan fingerprint density at radius 1 is 0.872 bits per heavy atom. The SMILES string of the molecule is CCc1ccc(C(=O)N2CCN(c3ccc(NC(=O)/C=C/c4ccc(-c5ccc(Cl)cc5)o4)cc3)CC2)cc1. The molecule has 2 heterocycles. The van der Waals surface area contributed by atoms with Crippen molar-refractivity contribution in [1.82, 2.24) is 4.90 Å². The summed E-state index contributed by atoms with van der Waals surface area (Å²) in [4.78, 5) is 29.5. The zero-order valence-electron chi connectivity index (χ0n) is 21.8. The maximum Gasteiger partial charge on any atom is 0.253 e. The number of anilines is 2. The second kappa shape index (κ2) is 12.0. The van der Waals surface area contributed by atoms with Crippen LogP contribution in [0.2, 0.25) is 5.02 Å². The molecule has 0 aliphatic carbocycles. The van der Waals surface area contributed by atoms with Crippen molar-refractivity contribution in [3.63, 3.8) is 0 Å². The molecule has 0 atom stereocenters. The van der Waals surface area contributed by atoms with Crippen LogP contribution in [0.15, 0.2) is 95.4 Å². The van der Waals surface area contributed by atoms with E-state index in [1.807, 2.05) is 89.8 Å². The van der Waals surface area contributed by atoms with E-state index in [0.29, 0.717) is 35.3 Å². The first-order valence-electron chi connectivity index (χ1n) is 13.1. The predicted molar refractivity (Wildman–Crippen MR) is 157 cm³/mol. The highest BCUT2D eigenvalue weighted by atomic mass is 35.5. The summed E-state index contributed by atoms with van der Waals surface area (Å²) in [7, 11) is 0. The molecule has 1 N–H and O–H groups in total. The molecule has 198 valence electrons. The van der Waals surface area contributed by atoms with Gasteiger partial charge in [0.25, 0.3) is 5.91 Å². The van der Waals surface area contributed by atoms with Gasteiger partial charge in [-0.25, -0.2) is 0 Å². The molecule has 0 bridgehead atoms. The van der Waals surface area contributed by atoms with Gasteiger partial charge in [-0.3, -0.25) is 9.59 Å². The van der Waals surface area contributed by atoms with Crippen molar-refractivity contribution in [1.29, 1.82) is 0 Å². The zero-order chi connectivity index (χ0) is 27.2. The Kier molecular flexibility index (Phi) is 8.13. The van der Waals surface area contributed by atoms with Crippen LogP contribution in [0.4, 0.5) is 11.4 Å². The summed E-state index contributed by atoms with van der Waals surface area (Å²) in [5.74, 6) is 1.13. The minimum absolute atomic E-state index is 0.0826. The molecule has 2 amide bonds. The smallest absolute Gasteiger partial charge is 0.253 e. The van der Waals surface area contributed by atoms with Gasteiger partial charge >= 0.3 is 0 Å². The topological polar surface area (TPSA) is 65.8 Å². The van der Waals surface area contributed by atoms with Gasteiger partial charge in [-0.05, 0) is 90.9 Å². The number of nitrogens with zero attached hydrogens (tertiary/aromatic N) is 2. The zero-order valence-corrected chi connectivity index (χ0v) is 22.5. The Hall–Kier alpha value is -4.29. The summed E-state index contributed by atoms with van der Waals surface area (Å²) < 4.78 is 5.81. The Morgan fingerprint density at radius 3 is 2.23 bits per heavy atom. The molecule has 3 aromatic carbocycles. The number of benzene rings is 3. The lowest BCUT2D eigenvalue weighted by Crippen LogP contribution is -2.48. The van der Waals surface area contributed by atoms with Crippen LogP contribution in [-0.4, -0.2) is 42.9 Å². The van der Waals surface area contributed by atoms with Crippen LogP contribution in [-0.2, 0) is 11.2 Å². The van der Waals surface area contributed by atoms with E-state index in [4.69, 9.17) is 16.0 Å². The normalized spacial score (nSPS) is 13.6. The average Bonchev–Trinajstić information content (AvgIpc) is 3.46. The van der Waals surface area contributed by atoms with Crippen molar-refractivity contribution < 1.29 is 14.0 Å². The van der Waals surface area contributed by atoms with Crippen molar-refractivity contribution >= 4 is 40.9 Å². The number of rotatable bonds is 7. The Morgan fingerprint density at radius 2 is 1.56 bits per heavy atom. The Labute approximate surface area is 233 Å². The number of nitrogens with one attached hydrogen (secondary N) is 1. The van der Waals surface area contributed by atoms with Crippen molar-refractivity contribution in [2.75, 3.05) is 36.4 Å². The molecule has 1 fully saturated rings. The number of hydrogen-bond acceptors (Lipinski definition) is 4. The van der Waals surface area contributed by atoms with E-state index >= 15 is 0 Å². The second-order valence-corrected chi connectivity index (χ2v) is 9.84. The van der Waals surface area contributed by atoms with Crippen molar-refractivity contribution in [3.05, 3.63) is 113 Å². The molecule has 7 heteroatoms. The summed E-state index contributed by atoms with van der Waals surface area (Å²) in [6.07, 6.45) is 4.05. The minimum Gasteiger partial charge on any atom is -0.457 e. The van der Waals surface area contributed by atoms with Gasteiger partial charge in [-0.1, -0.05) is 30.7 Å². The predicted octanol–water partition coefficient (Wildman–Crippen LogP) is 6.78. The first-order chi connectivity index (χ1) is 19.0.